The summed E-state index contributed by atoms with van der Waals surface area (Å²) in [7, 11) is 0. The molecular weight excluding hydrogens is 202 g/mol. The number of rotatable bonds is 2. The molecule has 1 heterocycles. The summed E-state index contributed by atoms with van der Waals surface area (Å²) in [5, 5.41) is 12.4. The van der Waals surface area contributed by atoms with Gasteiger partial charge in [0.2, 0.25) is 5.28 Å². The average molecular weight is 212 g/mol. The first-order valence-electron chi connectivity index (χ1n) is 4.25. The lowest BCUT2D eigenvalue weighted by atomic mass is 10.2. The summed E-state index contributed by atoms with van der Waals surface area (Å²) >= 11 is 5.73. The molecule has 1 aromatic carbocycles. The first kappa shape index (κ1) is 9.30. The quantitative estimate of drug-likeness (QED) is 0.666. The number of halogens is 1. The molecule has 3 N–H and O–H groups in total. The molecule has 0 saturated carbocycles. The Balaban J connectivity index is 2.53. The summed E-state index contributed by atoms with van der Waals surface area (Å²) in [5.74, 6) is 0. The molecular formula is C9H10ClN3O. The molecule has 2 aromatic rings. The van der Waals surface area contributed by atoms with E-state index in [1.54, 1.807) is 6.92 Å². The van der Waals surface area contributed by atoms with E-state index in [2.05, 4.69) is 15.3 Å². The number of H-pyrrole nitrogens is 1. The van der Waals surface area contributed by atoms with Gasteiger partial charge in [0.05, 0.1) is 11.2 Å². The lowest BCUT2D eigenvalue weighted by Crippen LogP contribution is -2.13. The number of benzene rings is 1. The van der Waals surface area contributed by atoms with Crippen molar-refractivity contribution in [3.8, 4) is 0 Å². The number of fused-ring (bicyclic) bond motifs is 1. The van der Waals surface area contributed by atoms with Crippen molar-refractivity contribution in [2.45, 2.75) is 13.2 Å². The van der Waals surface area contributed by atoms with Gasteiger partial charge >= 0.3 is 0 Å². The van der Waals surface area contributed by atoms with Crippen molar-refractivity contribution >= 4 is 28.3 Å². The van der Waals surface area contributed by atoms with E-state index < -0.39 is 6.23 Å². The Hall–Kier alpha value is -1.26. The third-order valence-electron chi connectivity index (χ3n) is 1.85. The summed E-state index contributed by atoms with van der Waals surface area (Å²) < 4.78 is 0. The second kappa shape index (κ2) is 3.48. The van der Waals surface area contributed by atoms with Gasteiger partial charge in [-0.1, -0.05) is 6.07 Å². The van der Waals surface area contributed by atoms with Crippen molar-refractivity contribution in [2.24, 2.45) is 0 Å². The summed E-state index contributed by atoms with van der Waals surface area (Å²) in [4.78, 5) is 7.01. The molecule has 0 fully saturated rings. The number of nitrogens with one attached hydrogen (secondary N) is 2. The normalized spacial score (nSPS) is 13.1. The molecule has 0 saturated heterocycles. The highest BCUT2D eigenvalue weighted by Gasteiger charge is 2.06. The molecule has 0 spiro atoms. The summed E-state index contributed by atoms with van der Waals surface area (Å²) in [6.45, 7) is 1.65. The molecule has 14 heavy (non-hydrogen) atoms. The number of aromatic amines is 1. The van der Waals surface area contributed by atoms with E-state index in [4.69, 9.17) is 11.6 Å². The zero-order chi connectivity index (χ0) is 10.1. The van der Waals surface area contributed by atoms with Crippen molar-refractivity contribution in [1.29, 1.82) is 0 Å². The number of hydrogen-bond acceptors (Lipinski definition) is 3. The first-order chi connectivity index (χ1) is 6.66. The Bertz CT molecular complexity index is 452. The van der Waals surface area contributed by atoms with Crippen LogP contribution in [0, 0.1) is 0 Å². The maximum absolute atomic E-state index is 9.19. The first-order valence-corrected chi connectivity index (χ1v) is 4.63. The van der Waals surface area contributed by atoms with Gasteiger partial charge in [0.15, 0.2) is 0 Å². The molecule has 1 atom stereocenters. The van der Waals surface area contributed by atoms with Crippen LogP contribution in [0.2, 0.25) is 5.28 Å². The zero-order valence-corrected chi connectivity index (χ0v) is 8.34. The predicted octanol–water partition coefficient (Wildman–Crippen LogP) is 1.97. The van der Waals surface area contributed by atoms with Gasteiger partial charge in [-0.25, -0.2) is 4.98 Å². The molecule has 74 valence electrons. The lowest BCUT2D eigenvalue weighted by molar-refractivity contribution is 0.224. The van der Waals surface area contributed by atoms with Gasteiger partial charge in [0.25, 0.3) is 0 Å². The summed E-state index contributed by atoms with van der Waals surface area (Å²) in [5.41, 5.74) is 2.35. The van der Waals surface area contributed by atoms with Crippen LogP contribution < -0.4 is 5.32 Å². The van der Waals surface area contributed by atoms with Crippen LogP contribution in [0.1, 0.15) is 6.92 Å². The van der Waals surface area contributed by atoms with E-state index in [9.17, 15) is 5.11 Å². The summed E-state index contributed by atoms with van der Waals surface area (Å²) in [6, 6.07) is 5.58. The second-order valence-electron chi connectivity index (χ2n) is 3.05. The minimum Gasteiger partial charge on any atom is -0.374 e. The average Bonchev–Trinajstić information content (AvgIpc) is 2.45. The van der Waals surface area contributed by atoms with Gasteiger partial charge in [-0.3, -0.25) is 0 Å². The Morgan fingerprint density at radius 1 is 1.57 bits per heavy atom. The molecule has 1 unspecified atom stereocenters. The van der Waals surface area contributed by atoms with Crippen molar-refractivity contribution in [2.75, 3.05) is 5.32 Å². The van der Waals surface area contributed by atoms with E-state index >= 15 is 0 Å². The number of hydrogen-bond donors (Lipinski definition) is 3. The van der Waals surface area contributed by atoms with Crippen LogP contribution in [-0.4, -0.2) is 21.3 Å². The number of nitrogens with zero attached hydrogens (tertiary/aromatic N) is 1. The van der Waals surface area contributed by atoms with Crippen LogP contribution in [-0.2, 0) is 0 Å². The van der Waals surface area contributed by atoms with Crippen LogP contribution in [0.5, 0.6) is 0 Å². The topological polar surface area (TPSA) is 60.9 Å². The molecule has 0 aliphatic carbocycles. The number of aliphatic hydroxyl groups is 1. The highest BCUT2D eigenvalue weighted by atomic mass is 35.5. The zero-order valence-electron chi connectivity index (χ0n) is 7.58. The highest BCUT2D eigenvalue weighted by molar-refractivity contribution is 6.29. The van der Waals surface area contributed by atoms with E-state index in [-0.39, 0.29) is 0 Å². The van der Waals surface area contributed by atoms with Crippen LogP contribution in [0.25, 0.3) is 11.0 Å². The second-order valence-corrected chi connectivity index (χ2v) is 3.41. The molecule has 5 heteroatoms. The van der Waals surface area contributed by atoms with E-state index in [1.165, 1.54) is 0 Å². The monoisotopic (exact) mass is 211 g/mol. The van der Waals surface area contributed by atoms with Crippen LogP contribution in [0.4, 0.5) is 5.69 Å². The van der Waals surface area contributed by atoms with Crippen molar-refractivity contribution in [3.63, 3.8) is 0 Å². The maximum atomic E-state index is 9.19. The molecule has 4 nitrogen and oxygen atoms in total. The number of aliphatic hydroxyl groups excluding tert-OH is 1. The molecule has 0 aliphatic rings. The molecule has 0 aliphatic heterocycles. The van der Waals surface area contributed by atoms with Gasteiger partial charge in [-0.2, -0.15) is 0 Å². The van der Waals surface area contributed by atoms with E-state index in [0.29, 0.717) is 5.28 Å². The highest BCUT2D eigenvalue weighted by Crippen LogP contribution is 2.22. The van der Waals surface area contributed by atoms with E-state index in [1.807, 2.05) is 18.2 Å². The standard InChI is InChI=1S/C9H10ClN3O/c1-5(14)11-6-3-2-4-7-8(6)13-9(10)12-7/h2-5,11,14H,1H3,(H,12,13). The third kappa shape index (κ3) is 1.66. The minimum absolute atomic E-state index is 0.347. The minimum atomic E-state index is -0.615. The van der Waals surface area contributed by atoms with Gasteiger partial charge in [0, 0.05) is 0 Å². The van der Waals surface area contributed by atoms with Gasteiger partial charge in [0.1, 0.15) is 11.7 Å². The van der Waals surface area contributed by atoms with Gasteiger partial charge in [-0.05, 0) is 30.7 Å². The Morgan fingerprint density at radius 3 is 3.07 bits per heavy atom. The fourth-order valence-corrected chi connectivity index (χ4v) is 1.53. The maximum Gasteiger partial charge on any atom is 0.201 e. The number of aromatic nitrogens is 2. The molecule has 0 radical (unpaired) electrons. The SMILES string of the molecule is CC(O)Nc1cccc2[nH]c(Cl)nc12. The smallest absolute Gasteiger partial charge is 0.201 e. The van der Waals surface area contributed by atoms with Crippen molar-refractivity contribution in [3.05, 3.63) is 23.5 Å². The largest absolute Gasteiger partial charge is 0.374 e. The third-order valence-corrected chi connectivity index (χ3v) is 2.03. The van der Waals surface area contributed by atoms with Crippen molar-refractivity contribution < 1.29 is 5.11 Å². The Morgan fingerprint density at radius 2 is 2.36 bits per heavy atom. The molecule has 0 amide bonds. The summed E-state index contributed by atoms with van der Waals surface area (Å²) in [6.07, 6.45) is -0.615. The Labute approximate surface area is 85.9 Å². The van der Waals surface area contributed by atoms with Crippen molar-refractivity contribution in [1.82, 2.24) is 9.97 Å². The van der Waals surface area contributed by atoms with Gasteiger partial charge in [-0.15, -0.1) is 0 Å². The fraction of sp³-hybridized carbons (Fsp3) is 0.222. The Kier molecular flexibility index (Phi) is 2.31. The van der Waals surface area contributed by atoms with Crippen LogP contribution in [0.15, 0.2) is 18.2 Å². The molecule has 0 bridgehead atoms. The van der Waals surface area contributed by atoms with Gasteiger partial charge < -0.3 is 15.4 Å². The number of imidazole rings is 1. The lowest BCUT2D eigenvalue weighted by Gasteiger charge is -2.08. The fourth-order valence-electron chi connectivity index (χ4n) is 1.34. The predicted molar refractivity (Wildman–Crippen MR) is 56.4 cm³/mol. The molecule has 1 aromatic heterocycles. The molecule has 2 rings (SSSR count). The number of anilines is 1. The van der Waals surface area contributed by atoms with E-state index in [0.717, 1.165) is 16.7 Å². The van der Waals surface area contributed by atoms with Crippen LogP contribution >= 0.6 is 11.6 Å². The van der Waals surface area contributed by atoms with Crippen LogP contribution in [0.3, 0.4) is 0 Å². The number of para-hydroxylation sites is 1.